The minimum Gasteiger partial charge on any atom is -0.340 e. The molecule has 1 fully saturated rings. The van der Waals surface area contributed by atoms with E-state index >= 15 is 0 Å². The van der Waals surface area contributed by atoms with Gasteiger partial charge in [0.05, 0.1) is 6.04 Å². The van der Waals surface area contributed by atoms with Gasteiger partial charge in [0.2, 0.25) is 5.91 Å². The third kappa shape index (κ3) is 2.32. The molecule has 4 nitrogen and oxygen atoms in total. The molecule has 1 unspecified atom stereocenters. The summed E-state index contributed by atoms with van der Waals surface area (Å²) in [5, 5.41) is 0. The molecule has 88 valence electrons. The third-order valence-electron chi connectivity index (χ3n) is 3.42. The fourth-order valence-corrected chi connectivity index (χ4v) is 2.20. The fourth-order valence-electron chi connectivity index (χ4n) is 2.20. The number of carbonyl (C=O) groups is 1. The molecule has 1 rings (SSSR count). The van der Waals surface area contributed by atoms with Crippen molar-refractivity contribution in [3.63, 3.8) is 0 Å². The summed E-state index contributed by atoms with van der Waals surface area (Å²) in [6.45, 7) is 8.53. The monoisotopic (exact) mass is 213 g/mol. The van der Waals surface area contributed by atoms with E-state index < -0.39 is 0 Å². The quantitative estimate of drug-likeness (QED) is 0.732. The van der Waals surface area contributed by atoms with Crippen LogP contribution in [-0.2, 0) is 4.79 Å². The zero-order valence-corrected chi connectivity index (χ0v) is 10.3. The van der Waals surface area contributed by atoms with Gasteiger partial charge in [0.1, 0.15) is 0 Å². The minimum atomic E-state index is -0.0429. The van der Waals surface area contributed by atoms with Gasteiger partial charge >= 0.3 is 0 Å². The van der Waals surface area contributed by atoms with Gasteiger partial charge < -0.3 is 10.6 Å². The highest BCUT2D eigenvalue weighted by Gasteiger charge is 2.41. The van der Waals surface area contributed by atoms with Gasteiger partial charge in [-0.2, -0.15) is 0 Å². The molecule has 1 aliphatic heterocycles. The first-order valence-corrected chi connectivity index (χ1v) is 5.66. The molecule has 0 aromatic carbocycles. The van der Waals surface area contributed by atoms with Crippen LogP contribution in [0.25, 0.3) is 0 Å². The van der Waals surface area contributed by atoms with Crippen LogP contribution in [0.1, 0.15) is 27.2 Å². The Morgan fingerprint density at radius 2 is 2.13 bits per heavy atom. The van der Waals surface area contributed by atoms with E-state index in [1.165, 1.54) is 0 Å². The minimum absolute atomic E-state index is 0.0429. The van der Waals surface area contributed by atoms with Gasteiger partial charge in [-0.25, -0.2) is 0 Å². The summed E-state index contributed by atoms with van der Waals surface area (Å²) in [5.74, 6) is 0.227. The second-order valence-corrected chi connectivity index (χ2v) is 4.87. The van der Waals surface area contributed by atoms with Gasteiger partial charge in [0.25, 0.3) is 0 Å². The van der Waals surface area contributed by atoms with Gasteiger partial charge in [-0.1, -0.05) is 0 Å². The first kappa shape index (κ1) is 12.5. The molecular weight excluding hydrogens is 190 g/mol. The summed E-state index contributed by atoms with van der Waals surface area (Å²) >= 11 is 0. The molecule has 0 bridgehead atoms. The number of hydrogen-bond acceptors (Lipinski definition) is 3. The molecule has 1 heterocycles. The predicted octanol–water partition coefficient (Wildman–Crippen LogP) is 0.276. The molecule has 1 atom stereocenters. The van der Waals surface area contributed by atoms with Gasteiger partial charge in [0, 0.05) is 18.6 Å². The largest absolute Gasteiger partial charge is 0.340 e. The Morgan fingerprint density at radius 1 is 1.53 bits per heavy atom. The number of piperazine rings is 1. The van der Waals surface area contributed by atoms with Gasteiger partial charge in [-0.05, 0) is 40.8 Å². The highest BCUT2D eigenvalue weighted by molar-refractivity contribution is 5.83. The van der Waals surface area contributed by atoms with Crippen molar-refractivity contribution in [3.05, 3.63) is 0 Å². The van der Waals surface area contributed by atoms with Crippen molar-refractivity contribution >= 4 is 5.91 Å². The number of amides is 1. The van der Waals surface area contributed by atoms with Crippen LogP contribution in [0, 0.1) is 0 Å². The maximum absolute atomic E-state index is 12.1. The van der Waals surface area contributed by atoms with E-state index in [2.05, 4.69) is 18.7 Å². The summed E-state index contributed by atoms with van der Waals surface area (Å²) in [6, 6.07) is -0.0429. The summed E-state index contributed by atoms with van der Waals surface area (Å²) < 4.78 is 0. The van der Waals surface area contributed by atoms with Crippen LogP contribution >= 0.6 is 0 Å². The van der Waals surface area contributed by atoms with E-state index in [9.17, 15) is 4.79 Å². The average Bonchev–Trinajstić information content (AvgIpc) is 2.19. The van der Waals surface area contributed by atoms with Crippen molar-refractivity contribution in [2.75, 3.05) is 26.7 Å². The predicted molar refractivity (Wildman–Crippen MR) is 61.6 cm³/mol. The molecule has 0 aliphatic carbocycles. The number of carbonyl (C=O) groups excluding carboxylic acids is 1. The molecule has 15 heavy (non-hydrogen) atoms. The van der Waals surface area contributed by atoms with Crippen LogP contribution in [0.4, 0.5) is 0 Å². The van der Waals surface area contributed by atoms with E-state index in [-0.39, 0.29) is 17.5 Å². The highest BCUT2D eigenvalue weighted by Crippen LogP contribution is 2.25. The molecule has 0 spiro atoms. The Morgan fingerprint density at radius 3 is 2.60 bits per heavy atom. The Hall–Kier alpha value is -0.610. The van der Waals surface area contributed by atoms with Gasteiger partial charge in [-0.3, -0.25) is 9.69 Å². The van der Waals surface area contributed by atoms with Crippen molar-refractivity contribution in [1.82, 2.24) is 9.80 Å². The van der Waals surface area contributed by atoms with Crippen LogP contribution in [0.3, 0.4) is 0 Å². The topological polar surface area (TPSA) is 49.6 Å². The Bertz CT molecular complexity index is 240. The molecule has 0 aromatic heterocycles. The van der Waals surface area contributed by atoms with E-state index in [0.29, 0.717) is 6.54 Å². The van der Waals surface area contributed by atoms with E-state index in [1.807, 2.05) is 18.9 Å². The van der Waals surface area contributed by atoms with Gasteiger partial charge in [-0.15, -0.1) is 0 Å². The number of rotatable bonds is 3. The second-order valence-electron chi connectivity index (χ2n) is 4.87. The Labute approximate surface area is 92.4 Å². The van der Waals surface area contributed by atoms with Crippen molar-refractivity contribution in [1.29, 1.82) is 0 Å². The molecule has 1 amide bonds. The molecule has 0 radical (unpaired) electrons. The molecule has 4 heteroatoms. The average molecular weight is 213 g/mol. The summed E-state index contributed by atoms with van der Waals surface area (Å²) in [6.07, 6.45) is 0.745. The maximum atomic E-state index is 12.1. The second kappa shape index (κ2) is 4.49. The van der Waals surface area contributed by atoms with Crippen molar-refractivity contribution in [2.24, 2.45) is 5.73 Å². The summed E-state index contributed by atoms with van der Waals surface area (Å²) in [7, 11) is 2.02. The summed E-state index contributed by atoms with van der Waals surface area (Å²) in [4.78, 5) is 16.2. The number of likely N-dealkylation sites (N-methyl/N-ethyl adjacent to an activating group) is 2. The first-order valence-electron chi connectivity index (χ1n) is 5.66. The van der Waals surface area contributed by atoms with E-state index in [0.717, 1.165) is 19.5 Å². The Balaban J connectivity index is 2.87. The molecule has 1 saturated heterocycles. The van der Waals surface area contributed by atoms with Crippen molar-refractivity contribution in [2.45, 2.75) is 38.8 Å². The number of hydrogen-bond donors (Lipinski definition) is 1. The summed E-state index contributed by atoms with van der Waals surface area (Å²) in [5.41, 5.74) is 5.61. The lowest BCUT2D eigenvalue weighted by Crippen LogP contribution is -2.65. The van der Waals surface area contributed by atoms with Crippen LogP contribution in [0.5, 0.6) is 0 Å². The van der Waals surface area contributed by atoms with E-state index in [1.54, 1.807) is 0 Å². The van der Waals surface area contributed by atoms with Crippen LogP contribution in [0.2, 0.25) is 0 Å². The Kier molecular flexibility index (Phi) is 3.73. The molecular formula is C11H23N3O. The smallest absolute Gasteiger partial charge is 0.240 e. The van der Waals surface area contributed by atoms with Crippen LogP contribution in [-0.4, -0.2) is 54.0 Å². The zero-order chi connectivity index (χ0) is 11.6. The SMILES string of the molecule is CCN1CC(C)(C)N(C)C(CCN)C1=O. The molecule has 0 saturated carbocycles. The van der Waals surface area contributed by atoms with Crippen molar-refractivity contribution in [3.8, 4) is 0 Å². The van der Waals surface area contributed by atoms with Crippen LogP contribution in [0.15, 0.2) is 0 Å². The fraction of sp³-hybridized carbons (Fsp3) is 0.909. The number of nitrogens with two attached hydrogens (primary N) is 1. The third-order valence-corrected chi connectivity index (χ3v) is 3.42. The number of nitrogens with zero attached hydrogens (tertiary/aromatic N) is 2. The maximum Gasteiger partial charge on any atom is 0.240 e. The van der Waals surface area contributed by atoms with Crippen LogP contribution < -0.4 is 5.73 Å². The van der Waals surface area contributed by atoms with Crippen molar-refractivity contribution < 1.29 is 4.79 Å². The van der Waals surface area contributed by atoms with E-state index in [4.69, 9.17) is 5.73 Å². The molecule has 1 aliphatic rings. The first-order chi connectivity index (χ1) is 6.94. The normalized spacial score (nSPS) is 27.1. The highest BCUT2D eigenvalue weighted by atomic mass is 16.2. The lowest BCUT2D eigenvalue weighted by atomic mass is 9.94. The van der Waals surface area contributed by atoms with Gasteiger partial charge in [0.15, 0.2) is 0 Å². The zero-order valence-electron chi connectivity index (χ0n) is 10.3. The standard InChI is InChI=1S/C11H23N3O/c1-5-14-8-11(2,3)13(4)9(6-7-12)10(14)15/h9H,5-8,12H2,1-4H3. The lowest BCUT2D eigenvalue weighted by molar-refractivity contribution is -0.148. The lowest BCUT2D eigenvalue weighted by Gasteiger charge is -2.49. The molecule has 0 aromatic rings. The molecule has 2 N–H and O–H groups in total.